The quantitative estimate of drug-likeness (QED) is 0.373. The molecular weight excluding hydrogens is 409 g/mol. The molecule has 0 bridgehead atoms. The lowest BCUT2D eigenvalue weighted by Gasteiger charge is -2.25. The number of rotatable bonds is 5. The van der Waals surface area contributed by atoms with Crippen LogP contribution in [0.5, 0.6) is 0 Å². The molecule has 0 aliphatic carbocycles. The second-order valence-electron chi connectivity index (χ2n) is 5.75. The van der Waals surface area contributed by atoms with E-state index in [1.54, 1.807) is 0 Å². The van der Waals surface area contributed by atoms with Crippen LogP contribution in [0.4, 0.5) is 0 Å². The maximum absolute atomic E-state index is 11.2. The van der Waals surface area contributed by atoms with E-state index < -0.39 is 0 Å². The van der Waals surface area contributed by atoms with Gasteiger partial charge in [-0.3, -0.25) is 4.79 Å². The van der Waals surface area contributed by atoms with Crippen molar-refractivity contribution in [3.63, 3.8) is 0 Å². The molecule has 0 aromatic carbocycles. The van der Waals surface area contributed by atoms with E-state index in [-0.39, 0.29) is 35.9 Å². The van der Waals surface area contributed by atoms with Crippen molar-refractivity contribution < 1.29 is 9.32 Å². The van der Waals surface area contributed by atoms with Gasteiger partial charge in [-0.25, -0.2) is 4.99 Å². The van der Waals surface area contributed by atoms with Gasteiger partial charge in [-0.2, -0.15) is 0 Å². The average molecular weight is 435 g/mol. The molecule has 1 aliphatic heterocycles. The van der Waals surface area contributed by atoms with Crippen LogP contribution in [-0.4, -0.2) is 36.2 Å². The van der Waals surface area contributed by atoms with Gasteiger partial charge >= 0.3 is 0 Å². The fourth-order valence-electron chi connectivity index (χ4n) is 2.20. The molecule has 1 saturated heterocycles. The molecule has 0 saturated carbocycles. The van der Waals surface area contributed by atoms with E-state index in [4.69, 9.17) is 4.52 Å². The lowest BCUT2D eigenvalue weighted by atomic mass is 10.1. The van der Waals surface area contributed by atoms with Gasteiger partial charge in [-0.05, 0) is 19.3 Å². The van der Waals surface area contributed by atoms with Gasteiger partial charge in [0.2, 0.25) is 5.91 Å². The number of nitrogens with zero attached hydrogens (tertiary/aromatic N) is 2. The van der Waals surface area contributed by atoms with Gasteiger partial charge < -0.3 is 20.5 Å². The van der Waals surface area contributed by atoms with Crippen LogP contribution in [-0.2, 0) is 11.3 Å². The summed E-state index contributed by atoms with van der Waals surface area (Å²) in [6, 6.07) is 2.15. The molecule has 1 aliphatic rings. The summed E-state index contributed by atoms with van der Waals surface area (Å²) in [6.45, 7) is 8.02. The fourth-order valence-corrected chi connectivity index (χ4v) is 2.20. The summed E-state index contributed by atoms with van der Waals surface area (Å²) in [5, 5.41) is 13.4. The molecule has 1 aromatic heterocycles. The molecule has 2 heterocycles. The highest BCUT2D eigenvalue weighted by Crippen LogP contribution is 2.14. The second-order valence-corrected chi connectivity index (χ2v) is 5.75. The first-order valence-electron chi connectivity index (χ1n) is 7.85. The first-order valence-corrected chi connectivity index (χ1v) is 7.85. The predicted octanol–water partition coefficient (Wildman–Crippen LogP) is 1.75. The molecule has 1 amide bonds. The minimum Gasteiger partial charge on any atom is -0.359 e. The summed E-state index contributed by atoms with van der Waals surface area (Å²) < 4.78 is 5.29. The molecule has 1 aromatic rings. The van der Waals surface area contributed by atoms with E-state index >= 15 is 0 Å². The third kappa shape index (κ3) is 6.36. The van der Waals surface area contributed by atoms with E-state index in [1.807, 2.05) is 13.0 Å². The first-order chi connectivity index (χ1) is 10.6. The van der Waals surface area contributed by atoms with Gasteiger partial charge in [-0.15, -0.1) is 24.0 Å². The average Bonchev–Trinajstić information content (AvgIpc) is 2.96. The Kier molecular flexibility index (Phi) is 8.35. The Morgan fingerprint density at radius 1 is 1.57 bits per heavy atom. The van der Waals surface area contributed by atoms with Crippen LogP contribution in [0, 0.1) is 0 Å². The van der Waals surface area contributed by atoms with Crippen LogP contribution in [0.25, 0.3) is 0 Å². The second kappa shape index (κ2) is 9.74. The van der Waals surface area contributed by atoms with Crippen molar-refractivity contribution in [1.29, 1.82) is 0 Å². The molecule has 0 spiro atoms. The number of carbonyl (C=O) groups is 1. The Bertz CT molecular complexity index is 520. The van der Waals surface area contributed by atoms with E-state index in [1.165, 1.54) is 0 Å². The van der Waals surface area contributed by atoms with E-state index in [0.717, 1.165) is 30.4 Å². The van der Waals surface area contributed by atoms with Gasteiger partial charge in [0.1, 0.15) is 6.54 Å². The summed E-state index contributed by atoms with van der Waals surface area (Å²) in [4.78, 5) is 15.7. The van der Waals surface area contributed by atoms with Gasteiger partial charge in [0.05, 0.1) is 5.69 Å². The van der Waals surface area contributed by atoms with Gasteiger partial charge in [0.25, 0.3) is 0 Å². The molecule has 1 unspecified atom stereocenters. The molecule has 7 nitrogen and oxygen atoms in total. The summed E-state index contributed by atoms with van der Waals surface area (Å²) >= 11 is 0. The van der Waals surface area contributed by atoms with Gasteiger partial charge in [0.15, 0.2) is 11.7 Å². The molecule has 23 heavy (non-hydrogen) atoms. The lowest BCUT2D eigenvalue weighted by Crippen LogP contribution is -2.51. The molecule has 2 rings (SSSR count). The number of amides is 1. The molecular formula is C15H26IN5O2. The van der Waals surface area contributed by atoms with Crippen molar-refractivity contribution >= 4 is 35.8 Å². The minimum absolute atomic E-state index is 0. The van der Waals surface area contributed by atoms with Crippen LogP contribution in [0.2, 0.25) is 0 Å². The number of hydrogen-bond donors (Lipinski definition) is 3. The number of piperidine rings is 1. The number of nitrogens with one attached hydrogen (secondary N) is 3. The van der Waals surface area contributed by atoms with Crippen molar-refractivity contribution in [2.75, 3.05) is 13.1 Å². The summed E-state index contributed by atoms with van der Waals surface area (Å²) in [5.74, 6) is 1.94. The van der Waals surface area contributed by atoms with Crippen LogP contribution in [0.1, 0.15) is 51.0 Å². The highest BCUT2D eigenvalue weighted by molar-refractivity contribution is 14.0. The number of carbonyl (C=O) groups excluding carboxylic acids is 1. The van der Waals surface area contributed by atoms with E-state index in [0.29, 0.717) is 25.4 Å². The fraction of sp³-hybridized carbons (Fsp3) is 0.667. The lowest BCUT2D eigenvalue weighted by molar-refractivity contribution is -0.122. The molecule has 3 N–H and O–H groups in total. The van der Waals surface area contributed by atoms with E-state index in [2.05, 4.69) is 39.9 Å². The van der Waals surface area contributed by atoms with Crippen molar-refractivity contribution in [2.45, 2.75) is 52.1 Å². The van der Waals surface area contributed by atoms with Gasteiger partial charge in [0, 0.05) is 31.6 Å². The Morgan fingerprint density at radius 3 is 2.91 bits per heavy atom. The van der Waals surface area contributed by atoms with Crippen LogP contribution in [0.15, 0.2) is 15.6 Å². The number of aliphatic imine (C=N–C) groups is 1. The van der Waals surface area contributed by atoms with Crippen LogP contribution in [0.3, 0.4) is 0 Å². The number of halogens is 1. The molecule has 8 heteroatoms. The SMILES string of the molecule is CCNC(=NCc1cc(C(C)C)no1)NC1CCC(=O)NC1.I. The smallest absolute Gasteiger partial charge is 0.220 e. The Morgan fingerprint density at radius 2 is 2.35 bits per heavy atom. The zero-order valence-electron chi connectivity index (χ0n) is 13.9. The van der Waals surface area contributed by atoms with Gasteiger partial charge in [-0.1, -0.05) is 19.0 Å². The third-order valence-electron chi connectivity index (χ3n) is 3.51. The first kappa shape index (κ1) is 19.7. The monoisotopic (exact) mass is 435 g/mol. The minimum atomic E-state index is 0. The maximum atomic E-state index is 11.2. The summed E-state index contributed by atoms with van der Waals surface area (Å²) in [7, 11) is 0. The summed E-state index contributed by atoms with van der Waals surface area (Å²) in [5.41, 5.74) is 0.943. The van der Waals surface area contributed by atoms with Crippen molar-refractivity contribution in [3.05, 3.63) is 17.5 Å². The van der Waals surface area contributed by atoms with Crippen LogP contribution < -0.4 is 16.0 Å². The zero-order chi connectivity index (χ0) is 15.9. The zero-order valence-corrected chi connectivity index (χ0v) is 16.2. The normalized spacial score (nSPS) is 18.3. The molecule has 1 fully saturated rings. The highest BCUT2D eigenvalue weighted by Gasteiger charge is 2.18. The molecule has 130 valence electrons. The van der Waals surface area contributed by atoms with E-state index in [9.17, 15) is 4.79 Å². The number of aromatic nitrogens is 1. The van der Waals surface area contributed by atoms with Crippen molar-refractivity contribution in [3.8, 4) is 0 Å². The third-order valence-corrected chi connectivity index (χ3v) is 3.51. The molecule has 0 radical (unpaired) electrons. The maximum Gasteiger partial charge on any atom is 0.220 e. The number of guanidine groups is 1. The Balaban J connectivity index is 0.00000264. The Labute approximate surface area is 154 Å². The number of hydrogen-bond acceptors (Lipinski definition) is 4. The Hall–Kier alpha value is -1.32. The van der Waals surface area contributed by atoms with Crippen molar-refractivity contribution in [2.24, 2.45) is 4.99 Å². The largest absolute Gasteiger partial charge is 0.359 e. The summed E-state index contributed by atoms with van der Waals surface area (Å²) in [6.07, 6.45) is 1.37. The highest BCUT2D eigenvalue weighted by atomic mass is 127. The standard InChI is InChI=1S/C15H25N5O2.HI/c1-4-16-15(19-11-5-6-14(21)17-8-11)18-9-12-7-13(10(2)3)20-22-12;/h7,10-11H,4-6,8-9H2,1-3H3,(H,17,21)(H2,16,18,19);1H. The predicted molar refractivity (Wildman–Crippen MR) is 100.0 cm³/mol. The molecule has 1 atom stereocenters. The topological polar surface area (TPSA) is 91.6 Å². The van der Waals surface area contributed by atoms with Crippen LogP contribution >= 0.6 is 24.0 Å². The van der Waals surface area contributed by atoms with Crippen molar-refractivity contribution in [1.82, 2.24) is 21.1 Å².